The van der Waals surface area contributed by atoms with Crippen molar-refractivity contribution in [2.45, 2.75) is 32.4 Å². The van der Waals surface area contributed by atoms with Crippen LogP contribution in [0.15, 0.2) is 6.20 Å². The molecule has 7 heteroatoms. The zero-order valence-electron chi connectivity index (χ0n) is 14.0. The Morgan fingerprint density at radius 1 is 1.39 bits per heavy atom. The second-order valence-electron chi connectivity index (χ2n) is 6.57. The van der Waals surface area contributed by atoms with Crippen LogP contribution in [0.4, 0.5) is 0 Å². The molecule has 2 saturated heterocycles. The first-order valence-electron chi connectivity index (χ1n) is 8.36. The number of amides is 1. The lowest BCUT2D eigenvalue weighted by atomic mass is 10.0. The van der Waals surface area contributed by atoms with E-state index in [1.165, 1.54) is 0 Å². The minimum absolute atomic E-state index is 0.0277. The average molecular weight is 322 g/mol. The van der Waals surface area contributed by atoms with Crippen molar-refractivity contribution in [3.63, 3.8) is 0 Å². The normalized spacial score (nSPS) is 26.0. The van der Waals surface area contributed by atoms with Gasteiger partial charge in [0.1, 0.15) is 0 Å². The van der Waals surface area contributed by atoms with Gasteiger partial charge in [0.05, 0.1) is 36.6 Å². The van der Waals surface area contributed by atoms with Gasteiger partial charge in [-0.05, 0) is 20.3 Å². The number of likely N-dealkylation sites (tertiary alicyclic amines) is 1. The number of aromatic nitrogens is 2. The Morgan fingerprint density at radius 3 is 2.78 bits per heavy atom. The summed E-state index contributed by atoms with van der Waals surface area (Å²) in [6.45, 7) is 9.31. The Balaban J connectivity index is 1.63. The van der Waals surface area contributed by atoms with Gasteiger partial charge in [-0.2, -0.15) is 5.10 Å². The SMILES string of the molecule is CCn1cc(C(=O)N2CC[C@@](O)(CN3CCOCC3)C2)c(C)n1. The fraction of sp³-hybridized carbons (Fsp3) is 0.750. The second-order valence-corrected chi connectivity index (χ2v) is 6.57. The number of hydrogen-bond donors (Lipinski definition) is 1. The number of hydrogen-bond acceptors (Lipinski definition) is 5. The molecule has 1 atom stereocenters. The minimum atomic E-state index is -0.818. The largest absolute Gasteiger partial charge is 0.387 e. The first-order chi connectivity index (χ1) is 11.0. The van der Waals surface area contributed by atoms with Gasteiger partial charge < -0.3 is 14.7 Å². The molecule has 3 heterocycles. The number of β-amino-alcohol motifs (C(OH)–C–C–N with tert-alkyl or cyclic N) is 1. The van der Waals surface area contributed by atoms with Crippen molar-refractivity contribution in [2.75, 3.05) is 45.9 Å². The molecule has 0 aliphatic carbocycles. The number of aliphatic hydroxyl groups is 1. The molecule has 2 aliphatic heterocycles. The minimum Gasteiger partial charge on any atom is -0.387 e. The van der Waals surface area contributed by atoms with Gasteiger partial charge in [0.2, 0.25) is 0 Å². The van der Waals surface area contributed by atoms with Crippen LogP contribution in [0.25, 0.3) is 0 Å². The smallest absolute Gasteiger partial charge is 0.257 e. The summed E-state index contributed by atoms with van der Waals surface area (Å²) >= 11 is 0. The molecule has 0 aromatic carbocycles. The molecule has 0 saturated carbocycles. The molecule has 0 spiro atoms. The van der Waals surface area contributed by atoms with Gasteiger partial charge in [-0.1, -0.05) is 0 Å². The molecule has 0 bridgehead atoms. The van der Waals surface area contributed by atoms with Crippen LogP contribution in [-0.2, 0) is 11.3 Å². The van der Waals surface area contributed by atoms with E-state index in [1.807, 2.05) is 13.8 Å². The summed E-state index contributed by atoms with van der Waals surface area (Å²) in [5.41, 5.74) is 0.574. The Kier molecular flexibility index (Phi) is 4.70. The first kappa shape index (κ1) is 16.4. The van der Waals surface area contributed by atoms with Crippen LogP contribution >= 0.6 is 0 Å². The number of nitrogens with zero attached hydrogens (tertiary/aromatic N) is 4. The van der Waals surface area contributed by atoms with Crippen LogP contribution < -0.4 is 0 Å². The van der Waals surface area contributed by atoms with E-state index >= 15 is 0 Å². The van der Waals surface area contributed by atoms with E-state index in [4.69, 9.17) is 4.74 Å². The Bertz CT molecular complexity index is 568. The Morgan fingerprint density at radius 2 is 2.13 bits per heavy atom. The molecule has 0 radical (unpaired) electrons. The lowest BCUT2D eigenvalue weighted by Gasteiger charge is -2.33. The summed E-state index contributed by atoms with van der Waals surface area (Å²) < 4.78 is 7.12. The summed E-state index contributed by atoms with van der Waals surface area (Å²) in [4.78, 5) is 16.7. The molecule has 1 N–H and O–H groups in total. The zero-order valence-corrected chi connectivity index (χ0v) is 14.0. The van der Waals surface area contributed by atoms with Crippen molar-refractivity contribution >= 4 is 5.91 Å². The number of rotatable bonds is 4. The van der Waals surface area contributed by atoms with E-state index in [-0.39, 0.29) is 5.91 Å². The molecular formula is C16H26N4O3. The molecule has 1 aromatic rings. The molecule has 1 amide bonds. The molecule has 23 heavy (non-hydrogen) atoms. The summed E-state index contributed by atoms with van der Waals surface area (Å²) in [6.07, 6.45) is 2.42. The van der Waals surface area contributed by atoms with Crippen molar-refractivity contribution in [1.29, 1.82) is 0 Å². The Labute approximate surface area is 136 Å². The molecule has 7 nitrogen and oxygen atoms in total. The topological polar surface area (TPSA) is 70.8 Å². The number of ether oxygens (including phenoxy) is 1. The van der Waals surface area contributed by atoms with Gasteiger partial charge in [0.25, 0.3) is 5.91 Å². The average Bonchev–Trinajstić information content (AvgIpc) is 3.11. The van der Waals surface area contributed by atoms with Gasteiger partial charge in [0, 0.05) is 38.9 Å². The molecule has 2 fully saturated rings. The highest BCUT2D eigenvalue weighted by Crippen LogP contribution is 2.25. The van der Waals surface area contributed by atoms with E-state index in [0.29, 0.717) is 44.8 Å². The van der Waals surface area contributed by atoms with Crippen molar-refractivity contribution in [2.24, 2.45) is 0 Å². The van der Waals surface area contributed by atoms with Crippen LogP contribution in [-0.4, -0.2) is 82.1 Å². The first-order valence-corrected chi connectivity index (χ1v) is 8.36. The molecule has 128 valence electrons. The molecule has 3 rings (SSSR count). The third-order valence-corrected chi connectivity index (χ3v) is 4.74. The maximum atomic E-state index is 12.7. The third-order valence-electron chi connectivity index (χ3n) is 4.74. The number of aryl methyl sites for hydroxylation is 2. The standard InChI is InChI=1S/C16H26N4O3/c1-3-20-10-14(13(2)17-20)15(21)19-5-4-16(22,12-19)11-18-6-8-23-9-7-18/h10,22H,3-9,11-12H2,1-2H3/t16-/m1/s1. The van der Waals surface area contributed by atoms with Crippen molar-refractivity contribution in [3.05, 3.63) is 17.5 Å². The highest BCUT2D eigenvalue weighted by Gasteiger charge is 2.40. The van der Waals surface area contributed by atoms with Gasteiger partial charge in [-0.15, -0.1) is 0 Å². The lowest BCUT2D eigenvalue weighted by Crippen LogP contribution is -2.49. The molecule has 2 aliphatic rings. The molecule has 1 aromatic heterocycles. The van der Waals surface area contributed by atoms with Crippen LogP contribution in [0.2, 0.25) is 0 Å². The number of carbonyl (C=O) groups excluding carboxylic acids is 1. The summed E-state index contributed by atoms with van der Waals surface area (Å²) in [5, 5.41) is 15.2. The maximum absolute atomic E-state index is 12.7. The molecule has 0 unspecified atom stereocenters. The van der Waals surface area contributed by atoms with Crippen LogP contribution in [0.5, 0.6) is 0 Å². The fourth-order valence-corrected chi connectivity index (χ4v) is 3.39. The van der Waals surface area contributed by atoms with Crippen LogP contribution in [0, 0.1) is 6.92 Å². The number of morpholine rings is 1. The predicted octanol–water partition coefficient (Wildman–Crippen LogP) is 0.121. The van der Waals surface area contributed by atoms with Gasteiger partial charge in [0.15, 0.2) is 0 Å². The van der Waals surface area contributed by atoms with Gasteiger partial charge >= 0.3 is 0 Å². The zero-order chi connectivity index (χ0) is 16.4. The van der Waals surface area contributed by atoms with E-state index in [2.05, 4.69) is 10.00 Å². The highest BCUT2D eigenvalue weighted by atomic mass is 16.5. The summed E-state index contributed by atoms with van der Waals surface area (Å²) in [6, 6.07) is 0. The summed E-state index contributed by atoms with van der Waals surface area (Å²) in [7, 11) is 0. The van der Waals surface area contributed by atoms with Crippen molar-refractivity contribution in [1.82, 2.24) is 19.6 Å². The number of carbonyl (C=O) groups is 1. The quantitative estimate of drug-likeness (QED) is 0.853. The second kappa shape index (κ2) is 6.59. The van der Waals surface area contributed by atoms with Gasteiger partial charge in [-0.3, -0.25) is 14.4 Å². The van der Waals surface area contributed by atoms with Crippen molar-refractivity contribution in [3.8, 4) is 0 Å². The van der Waals surface area contributed by atoms with Crippen LogP contribution in [0.1, 0.15) is 29.4 Å². The fourth-order valence-electron chi connectivity index (χ4n) is 3.39. The predicted molar refractivity (Wildman–Crippen MR) is 85.4 cm³/mol. The molecular weight excluding hydrogens is 296 g/mol. The maximum Gasteiger partial charge on any atom is 0.257 e. The highest BCUT2D eigenvalue weighted by molar-refractivity contribution is 5.95. The van der Waals surface area contributed by atoms with Crippen molar-refractivity contribution < 1.29 is 14.6 Å². The van der Waals surface area contributed by atoms with E-state index in [1.54, 1.807) is 15.8 Å². The lowest BCUT2D eigenvalue weighted by molar-refractivity contribution is -0.0257. The van der Waals surface area contributed by atoms with Gasteiger partial charge in [-0.25, -0.2) is 0 Å². The monoisotopic (exact) mass is 322 g/mol. The van der Waals surface area contributed by atoms with E-state index in [9.17, 15) is 9.90 Å². The van der Waals surface area contributed by atoms with E-state index < -0.39 is 5.60 Å². The van der Waals surface area contributed by atoms with E-state index in [0.717, 1.165) is 25.3 Å². The van der Waals surface area contributed by atoms with Crippen LogP contribution in [0.3, 0.4) is 0 Å². The summed E-state index contributed by atoms with van der Waals surface area (Å²) in [5.74, 6) is -0.0277. The third kappa shape index (κ3) is 3.57. The Hall–Kier alpha value is -1.44.